The molecule has 0 unspecified atom stereocenters. The average molecular weight is 206 g/mol. The Morgan fingerprint density at radius 3 is 2.80 bits per heavy atom. The van der Waals surface area contributed by atoms with Crippen molar-refractivity contribution in [3.8, 4) is 11.5 Å². The highest BCUT2D eigenvalue weighted by molar-refractivity contribution is 5.80. The summed E-state index contributed by atoms with van der Waals surface area (Å²) >= 11 is 0. The number of benzene rings is 1. The van der Waals surface area contributed by atoms with Crippen molar-refractivity contribution < 1.29 is 14.3 Å². The summed E-state index contributed by atoms with van der Waals surface area (Å²) in [6.45, 7) is 1.85. The summed E-state index contributed by atoms with van der Waals surface area (Å²) in [4.78, 5) is 11.5. The smallest absolute Gasteiger partial charge is 0.234 e. The van der Waals surface area contributed by atoms with Gasteiger partial charge in [-0.15, -0.1) is 0 Å². The number of hydrogen-bond acceptors (Lipinski definition) is 4. The maximum absolute atomic E-state index is 11.5. The molecule has 0 atom stereocenters. The van der Waals surface area contributed by atoms with Crippen LogP contribution in [0.4, 0.5) is 0 Å². The maximum Gasteiger partial charge on any atom is 0.234 e. The largest absolute Gasteiger partial charge is 0.502 e. The Kier molecular flexibility index (Phi) is 2.11. The highest BCUT2D eigenvalue weighted by atomic mass is 16.5. The van der Waals surface area contributed by atoms with Gasteiger partial charge in [-0.2, -0.15) is 0 Å². The van der Waals surface area contributed by atoms with Crippen LogP contribution in [0.3, 0.4) is 0 Å². The van der Waals surface area contributed by atoms with Gasteiger partial charge in [-0.25, -0.2) is 0 Å². The molecule has 1 N–H and O–H groups in total. The fourth-order valence-electron chi connectivity index (χ4n) is 1.47. The Morgan fingerprint density at radius 2 is 2.13 bits per heavy atom. The second-order valence-corrected chi connectivity index (χ2v) is 3.27. The van der Waals surface area contributed by atoms with Crippen LogP contribution in [0.1, 0.15) is 5.56 Å². The third kappa shape index (κ3) is 1.44. The Morgan fingerprint density at radius 1 is 1.40 bits per heavy atom. The van der Waals surface area contributed by atoms with Crippen molar-refractivity contribution in [1.82, 2.24) is 0 Å². The van der Waals surface area contributed by atoms with Crippen LogP contribution in [0.25, 0.3) is 11.0 Å². The van der Waals surface area contributed by atoms with Crippen molar-refractivity contribution in [3.63, 3.8) is 0 Å². The van der Waals surface area contributed by atoms with Crippen molar-refractivity contribution in [3.05, 3.63) is 34.2 Å². The number of aryl methyl sites for hydroxylation is 1. The molecule has 2 aromatic rings. The molecule has 0 saturated heterocycles. The SMILES string of the molecule is COc1cc2c(=O)c(O)coc2cc1C. The zero-order valence-electron chi connectivity index (χ0n) is 8.40. The van der Waals surface area contributed by atoms with Gasteiger partial charge in [-0.05, 0) is 24.6 Å². The normalized spacial score (nSPS) is 10.5. The predicted octanol–water partition coefficient (Wildman–Crippen LogP) is 1.82. The molecular formula is C11H10O4. The lowest BCUT2D eigenvalue weighted by Crippen LogP contribution is -2.01. The molecular weight excluding hydrogens is 196 g/mol. The number of fused-ring (bicyclic) bond motifs is 1. The van der Waals surface area contributed by atoms with Gasteiger partial charge in [0.25, 0.3) is 0 Å². The molecule has 0 aliphatic rings. The molecule has 0 spiro atoms. The Hall–Kier alpha value is -1.97. The minimum absolute atomic E-state index is 0.317. The number of aromatic hydroxyl groups is 1. The van der Waals surface area contributed by atoms with Gasteiger partial charge < -0.3 is 14.3 Å². The Bertz CT molecular complexity index is 569. The first-order valence-corrected chi connectivity index (χ1v) is 4.42. The van der Waals surface area contributed by atoms with Gasteiger partial charge in [0.15, 0.2) is 5.75 Å². The topological polar surface area (TPSA) is 59.7 Å². The molecule has 1 aromatic heterocycles. The monoisotopic (exact) mass is 206 g/mol. The van der Waals surface area contributed by atoms with E-state index in [1.807, 2.05) is 6.92 Å². The summed E-state index contributed by atoms with van der Waals surface area (Å²) in [5, 5.41) is 9.52. The Labute approximate surface area is 85.7 Å². The first-order chi connectivity index (χ1) is 7.13. The van der Waals surface area contributed by atoms with E-state index in [0.29, 0.717) is 16.7 Å². The lowest BCUT2D eigenvalue weighted by Gasteiger charge is -2.05. The van der Waals surface area contributed by atoms with E-state index in [2.05, 4.69) is 0 Å². The van der Waals surface area contributed by atoms with Crippen LogP contribution < -0.4 is 10.2 Å². The maximum atomic E-state index is 11.5. The van der Waals surface area contributed by atoms with Crippen molar-refractivity contribution >= 4 is 11.0 Å². The van der Waals surface area contributed by atoms with Gasteiger partial charge in [0.1, 0.15) is 17.6 Å². The molecule has 0 aliphatic heterocycles. The second-order valence-electron chi connectivity index (χ2n) is 3.27. The first kappa shape index (κ1) is 9.58. The van der Waals surface area contributed by atoms with Gasteiger partial charge in [0.05, 0.1) is 12.5 Å². The van der Waals surface area contributed by atoms with Crippen LogP contribution in [0, 0.1) is 6.92 Å². The van der Waals surface area contributed by atoms with Gasteiger partial charge in [-0.3, -0.25) is 4.79 Å². The number of ether oxygens (including phenoxy) is 1. The molecule has 78 valence electrons. The van der Waals surface area contributed by atoms with E-state index in [1.54, 1.807) is 12.1 Å². The van der Waals surface area contributed by atoms with Crippen LogP contribution in [-0.4, -0.2) is 12.2 Å². The molecule has 4 heteroatoms. The lowest BCUT2D eigenvalue weighted by molar-refractivity contribution is 0.411. The first-order valence-electron chi connectivity index (χ1n) is 4.42. The van der Waals surface area contributed by atoms with E-state index in [-0.39, 0.29) is 0 Å². The third-order valence-electron chi connectivity index (χ3n) is 2.27. The van der Waals surface area contributed by atoms with Gasteiger partial charge >= 0.3 is 0 Å². The van der Waals surface area contributed by atoms with Crippen LogP contribution in [-0.2, 0) is 0 Å². The predicted molar refractivity (Wildman–Crippen MR) is 55.4 cm³/mol. The number of methoxy groups -OCH3 is 1. The van der Waals surface area contributed by atoms with E-state index in [9.17, 15) is 9.90 Å². The van der Waals surface area contributed by atoms with Crippen molar-refractivity contribution in [2.45, 2.75) is 6.92 Å². The van der Waals surface area contributed by atoms with Crippen molar-refractivity contribution in [1.29, 1.82) is 0 Å². The highest BCUT2D eigenvalue weighted by Gasteiger charge is 2.08. The zero-order valence-corrected chi connectivity index (χ0v) is 8.40. The summed E-state index contributed by atoms with van der Waals surface area (Å²) in [7, 11) is 1.53. The molecule has 0 amide bonds. The molecule has 0 fully saturated rings. The van der Waals surface area contributed by atoms with Gasteiger partial charge in [0.2, 0.25) is 5.43 Å². The molecule has 0 radical (unpaired) electrons. The minimum atomic E-state index is -0.449. The standard InChI is InChI=1S/C11H10O4/c1-6-3-10-7(4-9(6)14-2)11(13)8(12)5-15-10/h3-5,12H,1-2H3. The van der Waals surface area contributed by atoms with Gasteiger partial charge in [0, 0.05) is 0 Å². The van der Waals surface area contributed by atoms with Crippen LogP contribution in [0.2, 0.25) is 0 Å². The fraction of sp³-hybridized carbons (Fsp3) is 0.182. The van der Waals surface area contributed by atoms with Crippen LogP contribution in [0.5, 0.6) is 11.5 Å². The fourth-order valence-corrected chi connectivity index (χ4v) is 1.47. The second kappa shape index (κ2) is 3.31. The van der Waals surface area contributed by atoms with Crippen molar-refractivity contribution in [2.24, 2.45) is 0 Å². The summed E-state index contributed by atoms with van der Waals surface area (Å²) in [6.07, 6.45) is 1.04. The lowest BCUT2D eigenvalue weighted by atomic mass is 10.1. The average Bonchev–Trinajstić information content (AvgIpc) is 2.23. The number of hydrogen-bond donors (Lipinski definition) is 1. The Balaban J connectivity index is 2.89. The molecule has 0 aliphatic carbocycles. The van der Waals surface area contributed by atoms with Crippen LogP contribution >= 0.6 is 0 Å². The molecule has 1 aromatic carbocycles. The van der Waals surface area contributed by atoms with E-state index in [1.165, 1.54) is 7.11 Å². The van der Waals surface area contributed by atoms with E-state index >= 15 is 0 Å². The molecule has 2 rings (SSSR count). The van der Waals surface area contributed by atoms with Gasteiger partial charge in [-0.1, -0.05) is 0 Å². The zero-order chi connectivity index (χ0) is 11.0. The van der Waals surface area contributed by atoms with Crippen molar-refractivity contribution in [2.75, 3.05) is 7.11 Å². The van der Waals surface area contributed by atoms with E-state index in [4.69, 9.17) is 9.15 Å². The summed E-state index contributed by atoms with van der Waals surface area (Å²) in [5.41, 5.74) is 0.865. The minimum Gasteiger partial charge on any atom is -0.502 e. The molecule has 15 heavy (non-hydrogen) atoms. The summed E-state index contributed by atoms with van der Waals surface area (Å²) in [6, 6.07) is 3.27. The molecule has 4 nitrogen and oxygen atoms in total. The molecule has 0 bridgehead atoms. The van der Waals surface area contributed by atoms with E-state index in [0.717, 1.165) is 11.8 Å². The summed E-state index contributed by atoms with van der Waals surface area (Å²) in [5.74, 6) is 0.203. The highest BCUT2D eigenvalue weighted by Crippen LogP contribution is 2.24. The van der Waals surface area contributed by atoms with Crippen LogP contribution in [0.15, 0.2) is 27.6 Å². The third-order valence-corrected chi connectivity index (χ3v) is 2.27. The van der Waals surface area contributed by atoms with E-state index < -0.39 is 11.2 Å². The molecule has 1 heterocycles. The number of rotatable bonds is 1. The quantitative estimate of drug-likeness (QED) is 0.773. The summed E-state index contributed by atoms with van der Waals surface area (Å²) < 4.78 is 10.2. The molecule has 0 saturated carbocycles.